The fourth-order valence-electron chi connectivity index (χ4n) is 1.97. The highest BCUT2D eigenvalue weighted by molar-refractivity contribution is 6.67. The van der Waals surface area contributed by atoms with Crippen LogP contribution in [0.5, 0.6) is 0 Å². The van der Waals surface area contributed by atoms with Gasteiger partial charge >= 0.3 is 17.4 Å². The molecule has 0 bridgehead atoms. The van der Waals surface area contributed by atoms with Crippen LogP contribution < -0.4 is 16.8 Å². The lowest BCUT2D eigenvalue weighted by molar-refractivity contribution is 0.123. The Hall–Kier alpha value is 0.114. The minimum atomic E-state index is -2.35. The van der Waals surface area contributed by atoms with E-state index in [1.54, 1.807) is 35.5 Å². The summed E-state index contributed by atoms with van der Waals surface area (Å²) in [6.45, 7) is 6.44. The van der Waals surface area contributed by atoms with E-state index in [0.717, 1.165) is 32.0 Å². The lowest BCUT2D eigenvalue weighted by Gasteiger charge is -2.27. The first kappa shape index (κ1) is 26.3. The van der Waals surface area contributed by atoms with Gasteiger partial charge in [0.1, 0.15) is 0 Å². The summed E-state index contributed by atoms with van der Waals surface area (Å²) >= 11 is 0. The van der Waals surface area contributed by atoms with Gasteiger partial charge in [-0.2, -0.15) is 0 Å². The molecule has 10 heteroatoms. The van der Waals surface area contributed by atoms with Crippen molar-refractivity contribution in [1.82, 2.24) is 5.32 Å². The van der Waals surface area contributed by atoms with Crippen molar-refractivity contribution >= 4 is 17.4 Å². The molecule has 0 saturated heterocycles. The summed E-state index contributed by atoms with van der Waals surface area (Å²) in [4.78, 5) is 0. The Balaban J connectivity index is 0. The predicted molar refractivity (Wildman–Crippen MR) is 102 cm³/mol. The van der Waals surface area contributed by atoms with Gasteiger partial charge < -0.3 is 38.9 Å². The Morgan fingerprint density at radius 2 is 1.42 bits per heavy atom. The van der Waals surface area contributed by atoms with Crippen molar-refractivity contribution in [2.24, 2.45) is 11.5 Å². The Labute approximate surface area is 150 Å². The molecule has 0 saturated carbocycles. The molecule has 1 unspecified atom stereocenters. The number of hydrogen-bond donors (Lipinski definition) is 3. The maximum atomic E-state index is 5.78. The van der Waals surface area contributed by atoms with E-state index >= 15 is 0 Å². The lowest BCUT2D eigenvalue weighted by atomic mass is 10.5. The van der Waals surface area contributed by atoms with Gasteiger partial charge in [0.2, 0.25) is 0 Å². The van der Waals surface area contributed by atoms with Crippen LogP contribution in [0.1, 0.15) is 19.8 Å². The summed E-state index contributed by atoms with van der Waals surface area (Å²) in [5, 5.41) is 3.21. The molecule has 0 fully saturated rings. The molecule has 0 spiro atoms. The SMILES string of the molecule is CCC(N)[Si](C)(OC)OC.CO[Si](CCCNCCN)(OC)OC. The highest BCUT2D eigenvalue weighted by Gasteiger charge is 2.36. The third-order valence-electron chi connectivity index (χ3n) is 4.01. The third kappa shape index (κ3) is 10.2. The first-order valence-electron chi connectivity index (χ1n) is 8.27. The lowest BCUT2D eigenvalue weighted by Crippen LogP contribution is -2.53. The average molecular weight is 386 g/mol. The zero-order valence-electron chi connectivity index (χ0n) is 16.5. The number of nitrogens with one attached hydrogen (secondary N) is 1. The molecule has 24 heavy (non-hydrogen) atoms. The molecule has 0 aliphatic rings. The molecule has 0 amide bonds. The van der Waals surface area contributed by atoms with Gasteiger partial charge in [0.05, 0.1) is 0 Å². The quantitative estimate of drug-likeness (QED) is 0.309. The first-order chi connectivity index (χ1) is 11.3. The molecule has 8 nitrogen and oxygen atoms in total. The van der Waals surface area contributed by atoms with Crippen LogP contribution >= 0.6 is 0 Å². The number of rotatable bonds is 13. The Morgan fingerprint density at radius 3 is 1.71 bits per heavy atom. The van der Waals surface area contributed by atoms with Crippen molar-refractivity contribution in [3.8, 4) is 0 Å². The fraction of sp³-hybridized carbons (Fsp3) is 1.00. The molecule has 5 N–H and O–H groups in total. The van der Waals surface area contributed by atoms with Crippen LogP contribution in [0, 0.1) is 0 Å². The fourth-order valence-corrected chi connectivity index (χ4v) is 5.21. The van der Waals surface area contributed by atoms with Crippen molar-refractivity contribution < 1.29 is 22.1 Å². The topological polar surface area (TPSA) is 110 Å². The van der Waals surface area contributed by atoms with Crippen molar-refractivity contribution in [3.05, 3.63) is 0 Å². The maximum Gasteiger partial charge on any atom is 0.500 e. The molecule has 0 aromatic rings. The van der Waals surface area contributed by atoms with E-state index in [1.165, 1.54) is 0 Å². The zero-order chi connectivity index (χ0) is 19.1. The summed E-state index contributed by atoms with van der Waals surface area (Å²) in [5.41, 5.74) is 11.2. The van der Waals surface area contributed by atoms with E-state index in [2.05, 4.69) is 5.32 Å². The van der Waals surface area contributed by atoms with Gasteiger partial charge in [0, 0.05) is 60.3 Å². The first-order valence-corrected chi connectivity index (χ1v) is 12.6. The molecule has 0 aliphatic heterocycles. The van der Waals surface area contributed by atoms with Crippen LogP contribution in [0.2, 0.25) is 12.6 Å². The normalized spacial score (nSPS) is 13.4. The summed E-state index contributed by atoms with van der Waals surface area (Å²) in [6.07, 6.45) is 1.88. The van der Waals surface area contributed by atoms with Gasteiger partial charge in [0.15, 0.2) is 0 Å². The second kappa shape index (κ2) is 15.4. The van der Waals surface area contributed by atoms with Crippen molar-refractivity contribution in [3.63, 3.8) is 0 Å². The number of nitrogens with two attached hydrogens (primary N) is 2. The second-order valence-electron chi connectivity index (χ2n) is 5.38. The van der Waals surface area contributed by atoms with Gasteiger partial charge in [-0.15, -0.1) is 0 Å². The highest BCUT2D eigenvalue weighted by Crippen LogP contribution is 2.14. The second-order valence-corrected chi connectivity index (χ2v) is 12.1. The largest absolute Gasteiger partial charge is 0.500 e. The van der Waals surface area contributed by atoms with E-state index in [1.807, 2.05) is 13.5 Å². The van der Waals surface area contributed by atoms with E-state index in [0.29, 0.717) is 6.54 Å². The van der Waals surface area contributed by atoms with E-state index in [9.17, 15) is 0 Å². The molecule has 0 heterocycles. The Bertz CT molecular complexity index is 275. The van der Waals surface area contributed by atoms with Crippen LogP contribution in [0.3, 0.4) is 0 Å². The predicted octanol–water partition coefficient (Wildman–Crippen LogP) is 0.431. The molecule has 0 rings (SSSR count). The maximum absolute atomic E-state index is 5.78. The van der Waals surface area contributed by atoms with Gasteiger partial charge in [0.25, 0.3) is 0 Å². The smallest absolute Gasteiger partial charge is 0.397 e. The molecule has 0 aliphatic carbocycles. The van der Waals surface area contributed by atoms with E-state index in [-0.39, 0.29) is 5.67 Å². The molecule has 0 radical (unpaired) electrons. The van der Waals surface area contributed by atoms with Gasteiger partial charge in [-0.1, -0.05) is 6.92 Å². The highest BCUT2D eigenvalue weighted by atomic mass is 28.4. The van der Waals surface area contributed by atoms with Crippen molar-refractivity contribution in [2.75, 3.05) is 55.2 Å². The van der Waals surface area contributed by atoms with Gasteiger partial charge in [-0.25, -0.2) is 0 Å². The monoisotopic (exact) mass is 385 g/mol. The average Bonchev–Trinajstić information content (AvgIpc) is 2.64. The minimum absolute atomic E-state index is 0.0718. The van der Waals surface area contributed by atoms with Gasteiger partial charge in [-0.3, -0.25) is 0 Å². The molecule has 1 atom stereocenters. The minimum Gasteiger partial charge on any atom is -0.397 e. The van der Waals surface area contributed by atoms with E-state index < -0.39 is 17.4 Å². The molecular formula is C14H39N3O5Si2. The summed E-state index contributed by atoms with van der Waals surface area (Å²) in [5.74, 6) is 0. The molecule has 0 aromatic carbocycles. The summed E-state index contributed by atoms with van der Waals surface area (Å²) in [6, 6.07) is 0.827. The molecule has 148 valence electrons. The standard InChI is InChI=1S/C8H22N2O3Si.C6H17NO2Si/c1-11-14(12-2,13-3)8-4-6-10-7-5-9;1-5-6(7)10(4,8-2)9-3/h10H,4-9H2,1-3H3;6H,5,7H2,1-4H3. The third-order valence-corrected chi connectivity index (χ3v) is 10.2. The van der Waals surface area contributed by atoms with Crippen molar-refractivity contribution in [1.29, 1.82) is 0 Å². The van der Waals surface area contributed by atoms with Crippen LogP contribution in [0.15, 0.2) is 0 Å². The van der Waals surface area contributed by atoms with Crippen molar-refractivity contribution in [2.45, 2.75) is 38.0 Å². The summed E-state index contributed by atoms with van der Waals surface area (Å²) < 4.78 is 26.3. The zero-order valence-corrected chi connectivity index (χ0v) is 18.5. The van der Waals surface area contributed by atoms with Gasteiger partial charge in [-0.05, 0) is 25.9 Å². The van der Waals surface area contributed by atoms with Crippen LogP contribution in [-0.4, -0.2) is 78.2 Å². The number of hydrogen-bond acceptors (Lipinski definition) is 8. The molecular weight excluding hydrogens is 346 g/mol. The van der Waals surface area contributed by atoms with Crippen LogP contribution in [0.4, 0.5) is 0 Å². The van der Waals surface area contributed by atoms with E-state index in [4.69, 9.17) is 33.6 Å². The molecule has 0 aromatic heterocycles. The van der Waals surface area contributed by atoms with Crippen LogP contribution in [-0.2, 0) is 22.1 Å². The summed E-state index contributed by atoms with van der Waals surface area (Å²) in [7, 11) is 3.84. The Kier molecular flexibility index (Phi) is 16.9. The van der Waals surface area contributed by atoms with Crippen LogP contribution in [0.25, 0.3) is 0 Å². The Morgan fingerprint density at radius 1 is 0.917 bits per heavy atom.